The second kappa shape index (κ2) is 6.36. The molecule has 1 atom stereocenters. The van der Waals surface area contributed by atoms with Crippen LogP contribution >= 0.6 is 27.5 Å². The molecule has 1 saturated carbocycles. The van der Waals surface area contributed by atoms with Gasteiger partial charge in [0.1, 0.15) is 5.82 Å². The van der Waals surface area contributed by atoms with Crippen molar-refractivity contribution < 1.29 is 4.39 Å². The van der Waals surface area contributed by atoms with Gasteiger partial charge in [-0.15, -0.1) is 0 Å². The second-order valence-electron chi connectivity index (χ2n) is 4.91. The second-order valence-corrected chi connectivity index (χ2v) is 6.14. The molecule has 1 nitrogen and oxygen atoms in total. The smallest absolute Gasteiger partial charge is 0.147 e. The Balaban J connectivity index is 2.20. The zero-order valence-electron chi connectivity index (χ0n) is 10.5. The molecule has 1 aromatic rings. The van der Waals surface area contributed by atoms with Crippen molar-refractivity contribution in [3.63, 3.8) is 0 Å². The first-order valence-electron chi connectivity index (χ1n) is 6.50. The van der Waals surface area contributed by atoms with Crippen LogP contribution in [0.1, 0.15) is 44.2 Å². The highest BCUT2D eigenvalue weighted by Gasteiger charge is 2.25. The van der Waals surface area contributed by atoms with E-state index in [4.69, 9.17) is 11.6 Å². The predicted octanol–water partition coefficient (Wildman–Crippen LogP) is 5.08. The summed E-state index contributed by atoms with van der Waals surface area (Å²) in [6.45, 7) is 2.89. The summed E-state index contributed by atoms with van der Waals surface area (Å²) >= 11 is 9.21. The van der Waals surface area contributed by atoms with E-state index >= 15 is 0 Å². The van der Waals surface area contributed by atoms with E-state index in [0.717, 1.165) is 18.9 Å². The van der Waals surface area contributed by atoms with Crippen LogP contribution in [0.25, 0.3) is 0 Å². The minimum atomic E-state index is -0.295. The Morgan fingerprint density at radius 2 is 2.22 bits per heavy atom. The Labute approximate surface area is 121 Å². The van der Waals surface area contributed by atoms with Crippen molar-refractivity contribution in [3.05, 3.63) is 33.0 Å². The van der Waals surface area contributed by atoms with E-state index in [0.29, 0.717) is 10.0 Å². The zero-order chi connectivity index (χ0) is 13.1. The molecule has 1 unspecified atom stereocenters. The van der Waals surface area contributed by atoms with E-state index in [1.54, 1.807) is 0 Å². The van der Waals surface area contributed by atoms with Crippen LogP contribution in [0.3, 0.4) is 0 Å². The average Bonchev–Trinajstić information content (AvgIpc) is 2.30. The Hall–Kier alpha value is -0.120. The third-order valence-corrected chi connectivity index (χ3v) is 4.94. The zero-order valence-corrected chi connectivity index (χ0v) is 12.8. The fourth-order valence-electron chi connectivity index (χ4n) is 2.44. The maximum absolute atomic E-state index is 14.2. The van der Waals surface area contributed by atoms with E-state index in [2.05, 4.69) is 21.2 Å². The number of benzene rings is 1. The van der Waals surface area contributed by atoms with Crippen molar-refractivity contribution in [2.75, 3.05) is 6.54 Å². The van der Waals surface area contributed by atoms with Gasteiger partial charge in [0, 0.05) is 16.1 Å². The van der Waals surface area contributed by atoms with Crippen LogP contribution in [0.2, 0.25) is 5.02 Å². The lowest BCUT2D eigenvalue weighted by molar-refractivity contribution is 0.260. The quantitative estimate of drug-likeness (QED) is 0.740. The number of hydrogen-bond acceptors (Lipinski definition) is 1. The van der Waals surface area contributed by atoms with Crippen LogP contribution in [0.5, 0.6) is 0 Å². The molecule has 0 aliphatic heterocycles. The van der Waals surface area contributed by atoms with E-state index in [1.807, 2.05) is 19.1 Å². The molecule has 1 aliphatic carbocycles. The van der Waals surface area contributed by atoms with Gasteiger partial charge in [-0.2, -0.15) is 0 Å². The van der Waals surface area contributed by atoms with Crippen LogP contribution in [0.15, 0.2) is 16.6 Å². The number of rotatable bonds is 5. The molecule has 0 radical (unpaired) electrons. The van der Waals surface area contributed by atoms with E-state index < -0.39 is 0 Å². The predicted molar refractivity (Wildman–Crippen MR) is 77.5 cm³/mol. The fraction of sp³-hybridized carbons (Fsp3) is 0.571. The Morgan fingerprint density at radius 3 is 2.78 bits per heavy atom. The number of halogens is 3. The first-order chi connectivity index (χ1) is 8.63. The summed E-state index contributed by atoms with van der Waals surface area (Å²) < 4.78 is 14.8. The molecule has 0 heterocycles. The van der Waals surface area contributed by atoms with Crippen molar-refractivity contribution in [1.29, 1.82) is 0 Å². The van der Waals surface area contributed by atoms with Crippen LogP contribution in [-0.2, 0) is 0 Å². The minimum absolute atomic E-state index is 0.0749. The topological polar surface area (TPSA) is 12.0 Å². The molecule has 100 valence electrons. The molecule has 1 aromatic carbocycles. The van der Waals surface area contributed by atoms with Crippen molar-refractivity contribution in [2.45, 2.75) is 38.6 Å². The monoisotopic (exact) mass is 333 g/mol. The molecular formula is C14H18BrClFN. The summed E-state index contributed by atoms with van der Waals surface area (Å²) in [6, 6.07) is 3.73. The molecule has 1 fully saturated rings. The first-order valence-corrected chi connectivity index (χ1v) is 7.67. The standard InChI is InChI=1S/C14H18BrClFN/c1-2-18-12(8-9-4-3-5-9)10-6-7-11(15)13(16)14(10)17/h6-7,9,12,18H,2-5,8H2,1H3. The van der Waals surface area contributed by atoms with Crippen molar-refractivity contribution in [2.24, 2.45) is 5.92 Å². The molecule has 0 saturated heterocycles. The molecule has 1 aliphatic rings. The fourth-order valence-corrected chi connectivity index (χ4v) is 2.92. The maximum atomic E-state index is 14.2. The lowest BCUT2D eigenvalue weighted by Crippen LogP contribution is -2.26. The van der Waals surface area contributed by atoms with Gasteiger partial charge in [-0.1, -0.05) is 43.9 Å². The Bertz CT molecular complexity index is 421. The van der Waals surface area contributed by atoms with Crippen LogP contribution in [0, 0.1) is 11.7 Å². The summed E-state index contributed by atoms with van der Waals surface area (Å²) in [5, 5.41) is 3.56. The molecule has 0 bridgehead atoms. The Kier molecular flexibility index (Phi) is 5.05. The van der Waals surface area contributed by atoms with Gasteiger partial charge in [0.2, 0.25) is 0 Å². The third kappa shape index (κ3) is 3.06. The highest BCUT2D eigenvalue weighted by Crippen LogP contribution is 2.37. The summed E-state index contributed by atoms with van der Waals surface area (Å²) in [7, 11) is 0. The van der Waals surface area contributed by atoms with Gasteiger partial charge >= 0.3 is 0 Å². The lowest BCUT2D eigenvalue weighted by atomic mass is 9.79. The molecule has 18 heavy (non-hydrogen) atoms. The van der Waals surface area contributed by atoms with Gasteiger partial charge in [0.25, 0.3) is 0 Å². The summed E-state index contributed by atoms with van der Waals surface area (Å²) in [5.41, 5.74) is 0.692. The highest BCUT2D eigenvalue weighted by molar-refractivity contribution is 9.10. The lowest BCUT2D eigenvalue weighted by Gasteiger charge is -2.30. The number of nitrogens with one attached hydrogen (secondary N) is 1. The van der Waals surface area contributed by atoms with E-state index in [-0.39, 0.29) is 16.9 Å². The number of hydrogen-bond donors (Lipinski definition) is 1. The minimum Gasteiger partial charge on any atom is -0.310 e. The van der Waals surface area contributed by atoms with Gasteiger partial charge in [-0.3, -0.25) is 0 Å². The van der Waals surface area contributed by atoms with Crippen molar-refractivity contribution >= 4 is 27.5 Å². The SMILES string of the molecule is CCNC(CC1CCC1)c1ccc(Br)c(Cl)c1F. The summed E-state index contributed by atoms with van der Waals surface area (Å²) in [4.78, 5) is 0. The summed E-state index contributed by atoms with van der Waals surface area (Å²) in [6.07, 6.45) is 4.86. The summed E-state index contributed by atoms with van der Waals surface area (Å²) in [5.74, 6) is 0.437. The Morgan fingerprint density at radius 1 is 1.50 bits per heavy atom. The van der Waals surface area contributed by atoms with Crippen LogP contribution < -0.4 is 5.32 Å². The van der Waals surface area contributed by atoms with Crippen molar-refractivity contribution in [1.82, 2.24) is 5.32 Å². The molecular weight excluding hydrogens is 317 g/mol. The molecule has 2 rings (SSSR count). The van der Waals surface area contributed by atoms with Crippen LogP contribution in [-0.4, -0.2) is 6.54 Å². The van der Waals surface area contributed by atoms with Crippen molar-refractivity contribution in [3.8, 4) is 0 Å². The average molecular weight is 335 g/mol. The van der Waals surface area contributed by atoms with E-state index in [1.165, 1.54) is 19.3 Å². The maximum Gasteiger partial charge on any atom is 0.147 e. The molecule has 0 amide bonds. The van der Waals surface area contributed by atoms with Gasteiger partial charge < -0.3 is 5.32 Å². The van der Waals surface area contributed by atoms with E-state index in [9.17, 15) is 4.39 Å². The first kappa shape index (κ1) is 14.3. The molecule has 1 N–H and O–H groups in total. The molecule has 0 aromatic heterocycles. The van der Waals surface area contributed by atoms with Gasteiger partial charge in [0.05, 0.1) is 5.02 Å². The van der Waals surface area contributed by atoms with Gasteiger partial charge in [-0.05, 0) is 40.9 Å². The van der Waals surface area contributed by atoms with Gasteiger partial charge in [-0.25, -0.2) is 4.39 Å². The molecule has 0 spiro atoms. The highest BCUT2D eigenvalue weighted by atomic mass is 79.9. The normalized spacial score (nSPS) is 17.6. The van der Waals surface area contributed by atoms with Crippen LogP contribution in [0.4, 0.5) is 4.39 Å². The largest absolute Gasteiger partial charge is 0.310 e. The molecule has 4 heteroatoms. The third-order valence-electron chi connectivity index (χ3n) is 3.68. The van der Waals surface area contributed by atoms with Gasteiger partial charge in [0.15, 0.2) is 0 Å².